The highest BCUT2D eigenvalue weighted by molar-refractivity contribution is 5.94. The molecule has 0 radical (unpaired) electrons. The number of nitrogens with one attached hydrogen (secondary N) is 2. The highest BCUT2D eigenvalue weighted by Gasteiger charge is 2.21. The summed E-state index contributed by atoms with van der Waals surface area (Å²) in [6.45, 7) is 0.540. The van der Waals surface area contributed by atoms with Crippen molar-refractivity contribution in [3.63, 3.8) is 0 Å². The van der Waals surface area contributed by atoms with Crippen LogP contribution in [0, 0.1) is 0 Å². The molecule has 2 amide bonds. The summed E-state index contributed by atoms with van der Waals surface area (Å²) in [5.41, 5.74) is 0.893. The smallest absolute Gasteiger partial charge is 0.407 e. The van der Waals surface area contributed by atoms with Crippen LogP contribution in [0.15, 0.2) is 53.1 Å². The molecule has 0 fully saturated rings. The number of aliphatic carboxylic acids is 1. The standard InChI is InChI=1S/C19H22N2O6/c22-17(16-10-6-12-26-16)21-15(18(23)24)9-4-5-11-20-19(25)27-13-14-7-2-1-3-8-14/h1-3,6-8,10,12,15H,4-5,9,11,13H2,(H,20,25)(H,21,22)(H,23,24)/t15-/m0/s1. The number of carboxylic acid groups (broad SMARTS) is 1. The molecule has 0 aliphatic rings. The Hall–Kier alpha value is -3.29. The number of carbonyl (C=O) groups excluding carboxylic acids is 2. The number of hydrogen-bond acceptors (Lipinski definition) is 5. The van der Waals surface area contributed by atoms with Gasteiger partial charge in [-0.3, -0.25) is 4.79 Å². The van der Waals surface area contributed by atoms with E-state index in [9.17, 15) is 19.5 Å². The van der Waals surface area contributed by atoms with Crippen LogP contribution < -0.4 is 10.6 Å². The number of hydrogen-bond donors (Lipinski definition) is 3. The molecule has 144 valence electrons. The molecule has 0 spiro atoms. The van der Waals surface area contributed by atoms with Crippen molar-refractivity contribution in [3.05, 3.63) is 60.1 Å². The van der Waals surface area contributed by atoms with Gasteiger partial charge >= 0.3 is 12.1 Å². The third-order valence-electron chi connectivity index (χ3n) is 3.75. The molecule has 0 bridgehead atoms. The average molecular weight is 374 g/mol. The summed E-state index contributed by atoms with van der Waals surface area (Å²) in [7, 11) is 0. The molecular weight excluding hydrogens is 352 g/mol. The van der Waals surface area contributed by atoms with E-state index in [0.717, 1.165) is 5.56 Å². The number of carboxylic acids is 1. The van der Waals surface area contributed by atoms with Crippen LogP contribution in [0.1, 0.15) is 35.4 Å². The zero-order valence-corrected chi connectivity index (χ0v) is 14.7. The van der Waals surface area contributed by atoms with Gasteiger partial charge in [-0.2, -0.15) is 0 Å². The second-order valence-corrected chi connectivity index (χ2v) is 5.83. The number of carbonyl (C=O) groups is 3. The number of rotatable bonds is 10. The summed E-state index contributed by atoms with van der Waals surface area (Å²) in [6, 6.07) is 11.3. The Morgan fingerprint density at radius 3 is 2.52 bits per heavy atom. The van der Waals surface area contributed by atoms with Crippen molar-refractivity contribution in [2.24, 2.45) is 0 Å². The van der Waals surface area contributed by atoms with Crippen LogP contribution in [0.3, 0.4) is 0 Å². The summed E-state index contributed by atoms with van der Waals surface area (Å²) in [5, 5.41) is 14.2. The first kappa shape index (κ1) is 20.0. The molecule has 27 heavy (non-hydrogen) atoms. The summed E-state index contributed by atoms with van der Waals surface area (Å²) in [6.07, 6.45) is 2.12. The van der Waals surface area contributed by atoms with E-state index in [-0.39, 0.29) is 18.8 Å². The molecule has 0 unspecified atom stereocenters. The van der Waals surface area contributed by atoms with Gasteiger partial charge in [0.15, 0.2) is 5.76 Å². The molecule has 3 N–H and O–H groups in total. The number of furan rings is 1. The van der Waals surface area contributed by atoms with E-state index < -0.39 is 24.0 Å². The van der Waals surface area contributed by atoms with E-state index in [1.54, 1.807) is 6.07 Å². The fourth-order valence-electron chi connectivity index (χ4n) is 2.33. The molecule has 0 saturated carbocycles. The van der Waals surface area contributed by atoms with E-state index in [1.165, 1.54) is 12.3 Å². The summed E-state index contributed by atoms with van der Waals surface area (Å²) < 4.78 is 10.0. The van der Waals surface area contributed by atoms with Gasteiger partial charge in [0.05, 0.1) is 6.26 Å². The van der Waals surface area contributed by atoms with Crippen LogP contribution in [-0.4, -0.2) is 35.7 Å². The Morgan fingerprint density at radius 2 is 1.85 bits per heavy atom. The number of benzene rings is 1. The van der Waals surface area contributed by atoms with Crippen molar-refractivity contribution >= 4 is 18.0 Å². The first-order valence-corrected chi connectivity index (χ1v) is 8.58. The predicted octanol–water partition coefficient (Wildman–Crippen LogP) is 2.56. The topological polar surface area (TPSA) is 118 Å². The molecule has 8 heteroatoms. The molecule has 1 aromatic heterocycles. The zero-order chi connectivity index (χ0) is 19.5. The second kappa shape index (κ2) is 10.6. The molecule has 1 heterocycles. The van der Waals surface area contributed by atoms with Gasteiger partial charge in [0, 0.05) is 6.54 Å². The van der Waals surface area contributed by atoms with Gasteiger partial charge in [0.1, 0.15) is 12.6 Å². The van der Waals surface area contributed by atoms with Crippen LogP contribution in [0.25, 0.3) is 0 Å². The van der Waals surface area contributed by atoms with Crippen molar-refractivity contribution in [1.29, 1.82) is 0 Å². The minimum absolute atomic E-state index is 0.0593. The molecule has 2 aromatic rings. The molecule has 0 aliphatic carbocycles. The maximum absolute atomic E-state index is 11.8. The van der Waals surface area contributed by atoms with Crippen LogP contribution in [0.4, 0.5) is 4.79 Å². The first-order valence-electron chi connectivity index (χ1n) is 8.58. The maximum Gasteiger partial charge on any atom is 0.407 e. The number of ether oxygens (including phenoxy) is 1. The molecule has 0 saturated heterocycles. The lowest BCUT2D eigenvalue weighted by molar-refractivity contribution is -0.139. The van der Waals surface area contributed by atoms with E-state index >= 15 is 0 Å². The second-order valence-electron chi connectivity index (χ2n) is 5.83. The van der Waals surface area contributed by atoms with Crippen LogP contribution in [0.5, 0.6) is 0 Å². The van der Waals surface area contributed by atoms with Gasteiger partial charge in [-0.1, -0.05) is 30.3 Å². The molecule has 2 rings (SSSR count). The molecular formula is C19H22N2O6. The van der Waals surface area contributed by atoms with Crippen molar-refractivity contribution in [1.82, 2.24) is 10.6 Å². The number of unbranched alkanes of at least 4 members (excludes halogenated alkanes) is 1. The minimum atomic E-state index is -1.12. The number of alkyl carbamates (subject to hydrolysis) is 1. The van der Waals surface area contributed by atoms with Crippen LogP contribution in [0.2, 0.25) is 0 Å². The van der Waals surface area contributed by atoms with Crippen molar-refractivity contribution in [2.75, 3.05) is 6.54 Å². The fraction of sp³-hybridized carbons (Fsp3) is 0.316. The highest BCUT2D eigenvalue weighted by Crippen LogP contribution is 2.05. The Morgan fingerprint density at radius 1 is 1.07 bits per heavy atom. The van der Waals surface area contributed by atoms with Gasteiger partial charge in [0.25, 0.3) is 5.91 Å². The monoisotopic (exact) mass is 374 g/mol. The quantitative estimate of drug-likeness (QED) is 0.550. The zero-order valence-electron chi connectivity index (χ0n) is 14.7. The Balaban J connectivity index is 1.61. The molecule has 1 aromatic carbocycles. The summed E-state index contributed by atoms with van der Waals surface area (Å²) in [4.78, 5) is 34.7. The molecule has 8 nitrogen and oxygen atoms in total. The Kier molecular flexibility index (Phi) is 7.90. The largest absolute Gasteiger partial charge is 0.480 e. The average Bonchev–Trinajstić information content (AvgIpc) is 3.20. The predicted molar refractivity (Wildman–Crippen MR) is 96.1 cm³/mol. The SMILES string of the molecule is O=C(NCCCC[C@H](NC(=O)c1ccco1)C(=O)O)OCc1ccccc1. The van der Waals surface area contributed by atoms with Gasteiger partial charge in [-0.15, -0.1) is 0 Å². The van der Waals surface area contributed by atoms with Gasteiger partial charge < -0.3 is 24.9 Å². The van der Waals surface area contributed by atoms with Crippen molar-refractivity contribution < 1.29 is 28.6 Å². The van der Waals surface area contributed by atoms with E-state index in [0.29, 0.717) is 19.4 Å². The van der Waals surface area contributed by atoms with Gasteiger partial charge in [-0.25, -0.2) is 9.59 Å². The molecule has 0 aliphatic heterocycles. The van der Waals surface area contributed by atoms with Crippen molar-refractivity contribution in [2.45, 2.75) is 31.9 Å². The van der Waals surface area contributed by atoms with Crippen LogP contribution in [-0.2, 0) is 16.1 Å². The third-order valence-corrected chi connectivity index (χ3v) is 3.75. The third kappa shape index (κ3) is 7.23. The Labute approximate surface area is 156 Å². The normalized spacial score (nSPS) is 11.4. The Bertz CT molecular complexity index is 730. The minimum Gasteiger partial charge on any atom is -0.480 e. The van der Waals surface area contributed by atoms with Crippen molar-refractivity contribution in [3.8, 4) is 0 Å². The van der Waals surface area contributed by atoms with Gasteiger partial charge in [0.2, 0.25) is 0 Å². The summed E-state index contributed by atoms with van der Waals surface area (Å²) in [5.74, 6) is -1.63. The summed E-state index contributed by atoms with van der Waals surface area (Å²) >= 11 is 0. The van der Waals surface area contributed by atoms with Crippen LogP contribution >= 0.6 is 0 Å². The lowest BCUT2D eigenvalue weighted by Crippen LogP contribution is -2.40. The number of amides is 2. The lowest BCUT2D eigenvalue weighted by Gasteiger charge is -2.13. The fourth-order valence-corrected chi connectivity index (χ4v) is 2.33. The van der Waals surface area contributed by atoms with E-state index in [4.69, 9.17) is 9.15 Å². The van der Waals surface area contributed by atoms with E-state index in [2.05, 4.69) is 10.6 Å². The highest BCUT2D eigenvalue weighted by atomic mass is 16.5. The first-order chi connectivity index (χ1) is 13.1. The molecule has 1 atom stereocenters. The van der Waals surface area contributed by atoms with Gasteiger partial charge in [-0.05, 0) is 37.0 Å². The van der Waals surface area contributed by atoms with E-state index in [1.807, 2.05) is 30.3 Å². The maximum atomic E-state index is 11.8. The lowest BCUT2D eigenvalue weighted by atomic mass is 10.1.